The topological polar surface area (TPSA) is 34.1 Å². The Balaban J connectivity index is 2.73. The maximum atomic E-state index is 6.43. The molecule has 0 aliphatic carbocycles. The van der Waals surface area contributed by atoms with E-state index in [2.05, 4.69) is 52.3 Å². The quantitative estimate of drug-likeness (QED) is 0.520. The summed E-state index contributed by atoms with van der Waals surface area (Å²) < 4.78 is 11.7. The van der Waals surface area contributed by atoms with Crippen LogP contribution in [0.15, 0.2) is 5.10 Å². The van der Waals surface area contributed by atoms with Crippen molar-refractivity contribution in [1.82, 2.24) is 5.01 Å². The van der Waals surface area contributed by atoms with Gasteiger partial charge in [0.2, 0.25) is 0 Å². The normalized spacial score (nSPS) is 22.3. The van der Waals surface area contributed by atoms with Crippen LogP contribution in [0.2, 0.25) is 19.6 Å². The molecule has 1 aliphatic rings. The van der Waals surface area contributed by atoms with Crippen LogP contribution in [0, 0.1) is 5.41 Å². The monoisotopic (exact) mass is 328 g/mol. The lowest BCUT2D eigenvalue weighted by atomic mass is 9.86. The number of hydrogen-bond acceptors (Lipinski definition) is 4. The van der Waals surface area contributed by atoms with Gasteiger partial charge in [0.25, 0.3) is 0 Å². The third-order valence-corrected chi connectivity index (χ3v) is 4.94. The molecule has 4 nitrogen and oxygen atoms in total. The molecular weight excluding hydrogens is 292 g/mol. The Bertz CT molecular complexity index is 372. The molecule has 1 fully saturated rings. The highest BCUT2D eigenvalue weighted by molar-refractivity contribution is 6.69. The first-order valence-corrected chi connectivity index (χ1v) is 11.9. The van der Waals surface area contributed by atoms with E-state index >= 15 is 0 Å². The number of hydrazone groups is 1. The predicted octanol–water partition coefficient (Wildman–Crippen LogP) is 4.13. The van der Waals surface area contributed by atoms with Gasteiger partial charge in [0.15, 0.2) is 8.32 Å². The first-order valence-electron chi connectivity index (χ1n) is 8.50. The molecule has 22 heavy (non-hydrogen) atoms. The highest BCUT2D eigenvalue weighted by Crippen LogP contribution is 2.28. The van der Waals surface area contributed by atoms with Crippen molar-refractivity contribution in [3.05, 3.63) is 0 Å². The van der Waals surface area contributed by atoms with Crippen molar-refractivity contribution < 1.29 is 9.16 Å². The molecule has 5 heteroatoms. The van der Waals surface area contributed by atoms with Crippen LogP contribution in [-0.4, -0.2) is 51.4 Å². The van der Waals surface area contributed by atoms with E-state index in [9.17, 15) is 0 Å². The Morgan fingerprint density at radius 1 is 1.32 bits per heavy atom. The molecule has 0 amide bonds. The molecule has 0 radical (unpaired) electrons. The summed E-state index contributed by atoms with van der Waals surface area (Å²) >= 11 is 0. The van der Waals surface area contributed by atoms with Crippen LogP contribution in [-0.2, 0) is 9.16 Å². The Morgan fingerprint density at radius 2 is 1.95 bits per heavy atom. The summed E-state index contributed by atoms with van der Waals surface area (Å²) in [7, 11) is 0.212. The van der Waals surface area contributed by atoms with E-state index in [-0.39, 0.29) is 11.5 Å². The van der Waals surface area contributed by atoms with Gasteiger partial charge in [0, 0.05) is 25.8 Å². The molecule has 0 aromatic rings. The molecule has 1 unspecified atom stereocenters. The van der Waals surface area contributed by atoms with Crippen molar-refractivity contribution in [2.45, 2.75) is 78.7 Å². The second-order valence-electron chi connectivity index (χ2n) is 8.54. The largest absolute Gasteiger partial charge is 0.414 e. The highest BCUT2D eigenvalue weighted by atomic mass is 28.4. The lowest BCUT2D eigenvalue weighted by Gasteiger charge is -2.36. The molecule has 0 N–H and O–H groups in total. The summed E-state index contributed by atoms with van der Waals surface area (Å²) in [5.74, 6) is 0. The number of nitrogens with zero attached hydrogens (tertiary/aromatic N) is 2. The van der Waals surface area contributed by atoms with Crippen LogP contribution in [0.5, 0.6) is 0 Å². The first kappa shape index (κ1) is 19.7. The van der Waals surface area contributed by atoms with E-state index in [1.807, 2.05) is 0 Å². The molecule has 0 saturated carbocycles. The van der Waals surface area contributed by atoms with Gasteiger partial charge in [-0.2, -0.15) is 5.10 Å². The van der Waals surface area contributed by atoms with Crippen LogP contribution < -0.4 is 0 Å². The van der Waals surface area contributed by atoms with E-state index < -0.39 is 8.32 Å². The maximum Gasteiger partial charge on any atom is 0.184 e. The van der Waals surface area contributed by atoms with Crippen molar-refractivity contribution >= 4 is 14.0 Å². The summed E-state index contributed by atoms with van der Waals surface area (Å²) in [4.78, 5) is 0. The molecule has 2 atom stereocenters. The van der Waals surface area contributed by atoms with Gasteiger partial charge in [-0.3, -0.25) is 5.01 Å². The SMILES string of the molecule is COC[C@@H]1CCCN1/N=C(\C)CC(O[Si](C)(C)C)C(C)(C)C. The van der Waals surface area contributed by atoms with Crippen molar-refractivity contribution in [3.63, 3.8) is 0 Å². The van der Waals surface area contributed by atoms with Crippen LogP contribution in [0.3, 0.4) is 0 Å². The van der Waals surface area contributed by atoms with Crippen molar-refractivity contribution in [3.8, 4) is 0 Å². The zero-order valence-corrected chi connectivity index (χ0v) is 16.9. The minimum absolute atomic E-state index is 0.133. The van der Waals surface area contributed by atoms with Gasteiger partial charge in [-0.1, -0.05) is 20.8 Å². The number of ether oxygens (including phenoxy) is 1. The van der Waals surface area contributed by atoms with Crippen molar-refractivity contribution in [1.29, 1.82) is 0 Å². The van der Waals surface area contributed by atoms with E-state index in [1.165, 1.54) is 18.6 Å². The number of hydrogen-bond donors (Lipinski definition) is 0. The molecular formula is C17H36N2O2Si. The predicted molar refractivity (Wildman–Crippen MR) is 97.0 cm³/mol. The van der Waals surface area contributed by atoms with Crippen LogP contribution in [0.1, 0.15) is 47.0 Å². The lowest BCUT2D eigenvalue weighted by Crippen LogP contribution is -2.40. The molecule has 0 spiro atoms. The second-order valence-corrected chi connectivity index (χ2v) is 13.0. The van der Waals surface area contributed by atoms with Crippen LogP contribution >= 0.6 is 0 Å². The third-order valence-electron chi connectivity index (χ3n) is 3.95. The fourth-order valence-corrected chi connectivity index (χ4v) is 4.08. The van der Waals surface area contributed by atoms with E-state index in [0.29, 0.717) is 6.04 Å². The molecule has 130 valence electrons. The fourth-order valence-electron chi connectivity index (χ4n) is 2.79. The van der Waals surface area contributed by atoms with Crippen LogP contribution in [0.25, 0.3) is 0 Å². The molecule has 0 aromatic heterocycles. The molecule has 1 heterocycles. The second kappa shape index (κ2) is 7.93. The van der Waals surface area contributed by atoms with Crippen molar-refractivity contribution in [2.75, 3.05) is 20.3 Å². The summed E-state index contributed by atoms with van der Waals surface area (Å²) in [6, 6.07) is 0.436. The molecule has 1 aliphatic heterocycles. The smallest absolute Gasteiger partial charge is 0.184 e. The Labute approximate surface area is 138 Å². The van der Waals surface area contributed by atoms with E-state index in [4.69, 9.17) is 14.3 Å². The van der Waals surface area contributed by atoms with Crippen molar-refractivity contribution in [2.24, 2.45) is 10.5 Å². The average molecular weight is 329 g/mol. The zero-order valence-electron chi connectivity index (χ0n) is 15.9. The van der Waals surface area contributed by atoms with Gasteiger partial charge >= 0.3 is 0 Å². The van der Waals surface area contributed by atoms with Gasteiger partial charge in [-0.15, -0.1) is 0 Å². The van der Waals surface area contributed by atoms with E-state index in [1.54, 1.807) is 7.11 Å². The highest BCUT2D eigenvalue weighted by Gasteiger charge is 2.31. The summed E-state index contributed by atoms with van der Waals surface area (Å²) in [5, 5.41) is 7.08. The van der Waals surface area contributed by atoms with Gasteiger partial charge in [0.05, 0.1) is 18.8 Å². The standard InChI is InChI=1S/C17H36N2O2Si/c1-14(18-19-11-9-10-15(19)13-20-5)12-16(17(2,3)4)21-22(6,7)8/h15-16H,9-13H2,1-8H3/b18-14+/t15-,16?/m0/s1. The molecule has 1 rings (SSSR count). The number of rotatable bonds is 7. The van der Waals surface area contributed by atoms with Crippen LogP contribution in [0.4, 0.5) is 0 Å². The minimum Gasteiger partial charge on any atom is -0.414 e. The summed E-state index contributed by atoms with van der Waals surface area (Å²) in [6.45, 7) is 17.5. The summed E-state index contributed by atoms with van der Waals surface area (Å²) in [6.07, 6.45) is 3.52. The van der Waals surface area contributed by atoms with Gasteiger partial charge in [0.1, 0.15) is 0 Å². The Kier molecular flexibility index (Phi) is 7.08. The maximum absolute atomic E-state index is 6.43. The summed E-state index contributed by atoms with van der Waals surface area (Å²) in [5.41, 5.74) is 1.30. The molecule has 0 bridgehead atoms. The lowest BCUT2D eigenvalue weighted by molar-refractivity contribution is 0.0848. The zero-order chi connectivity index (χ0) is 17.0. The minimum atomic E-state index is -1.56. The van der Waals surface area contributed by atoms with Gasteiger partial charge in [-0.05, 0) is 44.8 Å². The Hall–Kier alpha value is -0.393. The fraction of sp³-hybridized carbons (Fsp3) is 0.941. The van der Waals surface area contributed by atoms with Gasteiger partial charge < -0.3 is 9.16 Å². The Morgan fingerprint density at radius 3 is 2.45 bits per heavy atom. The van der Waals surface area contributed by atoms with E-state index in [0.717, 1.165) is 19.6 Å². The third kappa shape index (κ3) is 6.80. The average Bonchev–Trinajstić information content (AvgIpc) is 2.73. The van der Waals surface area contributed by atoms with Gasteiger partial charge in [-0.25, -0.2) is 0 Å². The number of methoxy groups -OCH3 is 1. The molecule has 0 aromatic carbocycles. The molecule has 1 saturated heterocycles. The first-order chi connectivity index (χ1) is 10.0.